The van der Waals surface area contributed by atoms with Crippen LogP contribution >= 0.6 is 0 Å². The van der Waals surface area contributed by atoms with Gasteiger partial charge in [0.1, 0.15) is 29.1 Å². The van der Waals surface area contributed by atoms with E-state index >= 15 is 0 Å². The number of esters is 1. The van der Waals surface area contributed by atoms with E-state index in [2.05, 4.69) is 36.4 Å². The van der Waals surface area contributed by atoms with Crippen LogP contribution in [0.4, 0.5) is 10.6 Å². The lowest BCUT2D eigenvalue weighted by atomic mass is 9.69. The van der Waals surface area contributed by atoms with Crippen molar-refractivity contribution in [1.82, 2.24) is 14.6 Å². The maximum absolute atomic E-state index is 14.5. The molecular formula is C37H61N5O7S. The maximum Gasteiger partial charge on any atom is 0.413 e. The first-order chi connectivity index (χ1) is 23.0. The van der Waals surface area contributed by atoms with Gasteiger partial charge < -0.3 is 14.8 Å². The van der Waals surface area contributed by atoms with Crippen LogP contribution in [0.5, 0.6) is 0 Å². The summed E-state index contributed by atoms with van der Waals surface area (Å²) in [5.41, 5.74) is -0.994. The van der Waals surface area contributed by atoms with E-state index in [9.17, 15) is 22.8 Å². The molecule has 50 heavy (non-hydrogen) atoms. The number of amides is 2. The van der Waals surface area contributed by atoms with Crippen LogP contribution in [0.3, 0.4) is 0 Å². The third-order valence-electron chi connectivity index (χ3n) is 11.4. The van der Waals surface area contributed by atoms with Crippen LogP contribution in [-0.2, 0) is 35.7 Å². The number of nitrogens with zero attached hydrogens (tertiary/aromatic N) is 2. The van der Waals surface area contributed by atoms with Gasteiger partial charge in [0.2, 0.25) is 5.91 Å². The van der Waals surface area contributed by atoms with Crippen molar-refractivity contribution in [2.45, 2.75) is 162 Å². The van der Waals surface area contributed by atoms with Crippen molar-refractivity contribution in [2.24, 2.45) is 27.8 Å². The number of pyridine rings is 1. The van der Waals surface area contributed by atoms with E-state index in [-0.39, 0.29) is 47.9 Å². The van der Waals surface area contributed by atoms with Crippen molar-refractivity contribution in [2.75, 3.05) is 5.32 Å². The Labute approximate surface area is 299 Å². The van der Waals surface area contributed by atoms with Crippen molar-refractivity contribution in [3.05, 3.63) is 23.9 Å². The Bertz CT molecular complexity index is 1480. The third-order valence-corrected chi connectivity index (χ3v) is 12.5. The molecule has 0 radical (unpaired) electrons. The number of carbonyl (C=O) groups is 3. The van der Waals surface area contributed by atoms with Crippen molar-refractivity contribution in [3.8, 4) is 0 Å². The molecule has 3 aliphatic rings. The summed E-state index contributed by atoms with van der Waals surface area (Å²) < 4.78 is 39.4. The fourth-order valence-corrected chi connectivity index (χ4v) is 9.49. The summed E-state index contributed by atoms with van der Waals surface area (Å²) in [5.74, 6) is -0.314. The molecule has 1 unspecified atom stereocenters. The molecule has 0 spiro atoms. The minimum atomic E-state index is -4.59. The van der Waals surface area contributed by atoms with Gasteiger partial charge in [-0.15, -0.1) is 0 Å². The van der Waals surface area contributed by atoms with Gasteiger partial charge in [0.05, 0.1) is 0 Å². The monoisotopic (exact) mass is 719 g/mol. The van der Waals surface area contributed by atoms with Crippen LogP contribution in [0.25, 0.3) is 0 Å². The summed E-state index contributed by atoms with van der Waals surface area (Å²) in [6.45, 7) is 17.2. The van der Waals surface area contributed by atoms with Crippen LogP contribution in [0.1, 0.15) is 132 Å². The van der Waals surface area contributed by atoms with Crippen LogP contribution < -0.4 is 15.8 Å². The molecule has 4 N–H and O–H groups in total. The van der Waals surface area contributed by atoms with Gasteiger partial charge in [-0.3, -0.25) is 14.9 Å². The quantitative estimate of drug-likeness (QED) is 0.213. The smallest absolute Gasteiger partial charge is 0.413 e. The highest BCUT2D eigenvalue weighted by atomic mass is 32.2. The zero-order valence-corrected chi connectivity index (χ0v) is 32.5. The number of aryl methyl sites for hydroxylation is 1. The molecule has 1 aromatic rings. The second-order valence-corrected chi connectivity index (χ2v) is 19.0. The van der Waals surface area contributed by atoms with Crippen LogP contribution in [0, 0.1) is 22.7 Å². The molecule has 4 rings (SSSR count). The topological polar surface area (TPSA) is 170 Å². The molecule has 1 aromatic heterocycles. The fraction of sp³-hybridized carbons (Fsp3) is 0.784. The minimum Gasteiger partial charge on any atom is -0.459 e. The Morgan fingerprint density at radius 1 is 0.980 bits per heavy atom. The summed E-state index contributed by atoms with van der Waals surface area (Å²) in [5, 5.41) is 11.9. The number of hydrogen-bond acceptors (Lipinski definition) is 8. The fourth-order valence-electron chi connectivity index (χ4n) is 8.40. The van der Waals surface area contributed by atoms with Gasteiger partial charge in [-0.05, 0) is 114 Å². The molecule has 13 heteroatoms. The average Bonchev–Trinajstić information content (AvgIpc) is 3.31. The van der Waals surface area contributed by atoms with Crippen LogP contribution in [0.2, 0.25) is 0 Å². The first kappa shape index (κ1) is 40.0. The zero-order chi connectivity index (χ0) is 37.3. The van der Waals surface area contributed by atoms with Gasteiger partial charge in [0.15, 0.2) is 0 Å². The van der Waals surface area contributed by atoms with E-state index < -0.39 is 51.5 Å². The zero-order valence-electron chi connectivity index (χ0n) is 31.6. The van der Waals surface area contributed by atoms with E-state index in [4.69, 9.17) is 14.6 Å². The summed E-state index contributed by atoms with van der Waals surface area (Å²) >= 11 is 0. The van der Waals surface area contributed by atoms with Crippen molar-refractivity contribution < 1.29 is 32.3 Å². The number of nitrogens with two attached hydrogens (primary N) is 1. The number of aromatic nitrogens is 1. The Hall–Kier alpha value is -2.77. The third kappa shape index (κ3) is 9.76. The SMILES string of the molecule is CC(C)(C)OC(=O)Nc1ccc(CCC(C(=O)OC(C)(C)C)N([C@@H](CC2CCCCC2)C(=O)N[C@H]2C[C@H]3CC[C@]2(C)C3(C)C)S(N)(=O)=O)cn1. The van der Waals surface area contributed by atoms with E-state index in [1.165, 1.54) is 0 Å². The van der Waals surface area contributed by atoms with Gasteiger partial charge in [-0.1, -0.05) is 58.9 Å². The molecule has 2 amide bonds. The lowest BCUT2D eigenvalue weighted by Crippen LogP contribution is -2.61. The number of rotatable bonds is 12. The second-order valence-electron chi connectivity index (χ2n) is 17.6. The minimum absolute atomic E-state index is 0.00341. The van der Waals surface area contributed by atoms with Gasteiger partial charge in [0.25, 0.3) is 10.2 Å². The van der Waals surface area contributed by atoms with Crippen LogP contribution in [-0.4, -0.2) is 65.0 Å². The largest absolute Gasteiger partial charge is 0.459 e. The summed E-state index contributed by atoms with van der Waals surface area (Å²) in [6, 6.07) is 0.677. The Morgan fingerprint density at radius 3 is 2.12 bits per heavy atom. The summed E-state index contributed by atoms with van der Waals surface area (Å²) in [6.07, 6.45) is 9.20. The van der Waals surface area contributed by atoms with Gasteiger partial charge in [0, 0.05) is 12.2 Å². The Balaban J connectivity index is 1.64. The molecule has 3 saturated carbocycles. The molecular weight excluding hydrogens is 659 g/mol. The molecule has 1 heterocycles. The highest BCUT2D eigenvalue weighted by molar-refractivity contribution is 7.86. The first-order valence-electron chi connectivity index (χ1n) is 18.3. The van der Waals surface area contributed by atoms with Gasteiger partial charge >= 0.3 is 12.1 Å². The highest BCUT2D eigenvalue weighted by Crippen LogP contribution is 2.65. The molecule has 0 saturated heterocycles. The second kappa shape index (κ2) is 15.1. The average molecular weight is 720 g/mol. The summed E-state index contributed by atoms with van der Waals surface area (Å²) in [7, 11) is -4.59. The molecule has 3 aliphatic carbocycles. The normalized spacial score (nSPS) is 25.2. The predicted molar refractivity (Wildman–Crippen MR) is 193 cm³/mol. The number of carbonyl (C=O) groups excluding carboxylic acids is 3. The van der Waals surface area contributed by atoms with Crippen LogP contribution in [0.15, 0.2) is 18.3 Å². The number of hydrogen-bond donors (Lipinski definition) is 3. The molecule has 2 bridgehead atoms. The molecule has 5 atom stereocenters. The number of fused-ring (bicyclic) bond motifs is 2. The first-order valence-corrected chi connectivity index (χ1v) is 19.8. The maximum atomic E-state index is 14.5. The van der Waals surface area contributed by atoms with E-state index in [1.54, 1.807) is 59.9 Å². The standard InChI is InChI=1S/C37H61N5O7S/c1-34(2,3)48-32(44)27(17-15-25-16-18-30(39-23-25)41-33(45)49-35(4,5)6)42(50(38,46)47)28(21-24-13-11-10-12-14-24)31(43)40-29-22-26-19-20-37(29,9)36(26,7)8/h16,18,23-24,26-29H,10-15,17,19-22H2,1-9H3,(H,40,43)(H2,38,46,47)(H,39,41,45)/t26-,27?,28+,29+,37+/m1/s1. The lowest BCUT2D eigenvalue weighted by Gasteiger charge is -2.41. The van der Waals surface area contributed by atoms with Gasteiger partial charge in [-0.2, -0.15) is 12.7 Å². The van der Waals surface area contributed by atoms with Crippen molar-refractivity contribution in [1.29, 1.82) is 0 Å². The molecule has 12 nitrogen and oxygen atoms in total. The number of nitrogens with one attached hydrogen (secondary N) is 2. The lowest BCUT2D eigenvalue weighted by molar-refractivity contribution is -0.161. The highest BCUT2D eigenvalue weighted by Gasteiger charge is 2.62. The number of anilines is 1. The van der Waals surface area contributed by atoms with E-state index in [0.29, 0.717) is 11.5 Å². The Morgan fingerprint density at radius 2 is 1.62 bits per heavy atom. The molecule has 3 fully saturated rings. The van der Waals surface area contributed by atoms with E-state index in [0.717, 1.165) is 55.7 Å². The van der Waals surface area contributed by atoms with Crippen molar-refractivity contribution in [3.63, 3.8) is 0 Å². The predicted octanol–water partition coefficient (Wildman–Crippen LogP) is 6.25. The van der Waals surface area contributed by atoms with Gasteiger partial charge in [-0.25, -0.2) is 14.9 Å². The number of ether oxygens (including phenoxy) is 2. The summed E-state index contributed by atoms with van der Waals surface area (Å²) in [4.78, 5) is 45.0. The van der Waals surface area contributed by atoms with E-state index in [1.807, 2.05) is 0 Å². The molecule has 0 aromatic carbocycles. The Kier molecular flexibility index (Phi) is 12.1. The molecule has 282 valence electrons. The van der Waals surface area contributed by atoms with Crippen molar-refractivity contribution >= 4 is 34.0 Å². The molecule has 0 aliphatic heterocycles.